The Morgan fingerprint density at radius 1 is 1.19 bits per heavy atom. The number of amides is 4. The van der Waals surface area contributed by atoms with Crippen LogP contribution in [0.15, 0.2) is 24.3 Å². The number of carbonyl (C=O) groups is 5. The first-order valence-electron chi connectivity index (χ1n) is 7.51. The van der Waals surface area contributed by atoms with Crippen molar-refractivity contribution in [1.29, 1.82) is 0 Å². The van der Waals surface area contributed by atoms with Crippen molar-refractivity contribution >= 4 is 35.5 Å². The standard InChI is InChI=1S/C16H17N3O7/c1-18-7-13(21)19(16(18)24)8-14(22)26-9-12(20)17-11-6-4-3-5-10(11)15(23)25-2/h3-6H,7-9H2,1-2H3,(H,17,20). The molecule has 0 aliphatic carbocycles. The van der Waals surface area contributed by atoms with Gasteiger partial charge in [0.05, 0.1) is 18.4 Å². The second-order valence-electron chi connectivity index (χ2n) is 5.36. The number of nitrogens with zero attached hydrogens (tertiary/aromatic N) is 2. The van der Waals surface area contributed by atoms with E-state index in [0.717, 1.165) is 9.80 Å². The van der Waals surface area contributed by atoms with Crippen molar-refractivity contribution in [3.8, 4) is 0 Å². The van der Waals surface area contributed by atoms with Gasteiger partial charge < -0.3 is 19.7 Å². The lowest BCUT2D eigenvalue weighted by molar-refractivity contribution is -0.149. The van der Waals surface area contributed by atoms with Gasteiger partial charge >= 0.3 is 18.0 Å². The Labute approximate surface area is 148 Å². The lowest BCUT2D eigenvalue weighted by Gasteiger charge is -2.13. The Morgan fingerprint density at radius 2 is 1.88 bits per heavy atom. The molecule has 1 aliphatic rings. The summed E-state index contributed by atoms with van der Waals surface area (Å²) in [7, 11) is 2.64. The molecule has 2 rings (SSSR count). The Morgan fingerprint density at radius 3 is 2.50 bits per heavy atom. The van der Waals surface area contributed by atoms with Gasteiger partial charge in [0.15, 0.2) is 6.61 Å². The smallest absolute Gasteiger partial charge is 0.339 e. The van der Waals surface area contributed by atoms with Crippen LogP contribution in [0.4, 0.5) is 10.5 Å². The van der Waals surface area contributed by atoms with Gasteiger partial charge in [0.2, 0.25) is 0 Å². The molecular formula is C16H17N3O7. The van der Waals surface area contributed by atoms with Gasteiger partial charge in [-0.3, -0.25) is 19.3 Å². The molecule has 10 nitrogen and oxygen atoms in total. The van der Waals surface area contributed by atoms with Gasteiger partial charge in [0.1, 0.15) is 13.1 Å². The zero-order chi connectivity index (χ0) is 19.3. The number of benzene rings is 1. The van der Waals surface area contributed by atoms with Crippen LogP contribution in [0.2, 0.25) is 0 Å². The average molecular weight is 363 g/mol. The lowest BCUT2D eigenvalue weighted by atomic mass is 10.2. The van der Waals surface area contributed by atoms with Crippen LogP contribution in [0.25, 0.3) is 0 Å². The maximum atomic E-state index is 11.9. The molecule has 0 bridgehead atoms. The van der Waals surface area contributed by atoms with Crippen LogP contribution in [-0.4, -0.2) is 73.4 Å². The summed E-state index contributed by atoms with van der Waals surface area (Å²) in [6, 6.07) is 5.55. The summed E-state index contributed by atoms with van der Waals surface area (Å²) >= 11 is 0. The van der Waals surface area contributed by atoms with Crippen LogP contribution in [-0.2, 0) is 23.9 Å². The summed E-state index contributed by atoms with van der Waals surface area (Å²) in [5.74, 6) is -2.75. The molecule has 4 amide bonds. The van der Waals surface area contributed by atoms with E-state index < -0.39 is 42.9 Å². The zero-order valence-corrected chi connectivity index (χ0v) is 14.2. The molecule has 26 heavy (non-hydrogen) atoms. The van der Waals surface area contributed by atoms with Crippen LogP contribution in [0.3, 0.4) is 0 Å². The van der Waals surface area contributed by atoms with Crippen LogP contribution < -0.4 is 5.32 Å². The quantitative estimate of drug-likeness (QED) is 0.551. The Kier molecular flexibility index (Phi) is 5.89. The summed E-state index contributed by atoms with van der Waals surface area (Å²) in [5.41, 5.74) is 0.345. The number of anilines is 1. The van der Waals surface area contributed by atoms with Gasteiger partial charge in [-0.05, 0) is 12.1 Å². The molecule has 0 atom stereocenters. The van der Waals surface area contributed by atoms with Crippen molar-refractivity contribution in [1.82, 2.24) is 9.80 Å². The topological polar surface area (TPSA) is 122 Å². The minimum absolute atomic E-state index is 0.114. The molecule has 1 aliphatic heterocycles. The number of hydrogen-bond donors (Lipinski definition) is 1. The largest absolute Gasteiger partial charge is 0.465 e. The third kappa shape index (κ3) is 4.35. The number of imide groups is 1. The van der Waals surface area contributed by atoms with E-state index in [1.807, 2.05) is 0 Å². The van der Waals surface area contributed by atoms with Gasteiger partial charge in [-0.15, -0.1) is 0 Å². The predicted molar refractivity (Wildman–Crippen MR) is 87.1 cm³/mol. The third-order valence-electron chi connectivity index (χ3n) is 3.49. The Bertz CT molecular complexity index is 762. The minimum atomic E-state index is -0.904. The maximum absolute atomic E-state index is 11.9. The van der Waals surface area contributed by atoms with E-state index in [9.17, 15) is 24.0 Å². The van der Waals surface area contributed by atoms with Gasteiger partial charge in [0.25, 0.3) is 11.8 Å². The van der Waals surface area contributed by atoms with Crippen molar-refractivity contribution in [3.63, 3.8) is 0 Å². The van der Waals surface area contributed by atoms with E-state index in [-0.39, 0.29) is 17.8 Å². The minimum Gasteiger partial charge on any atom is -0.465 e. The summed E-state index contributed by atoms with van der Waals surface area (Å²) in [4.78, 5) is 60.4. The number of para-hydroxylation sites is 1. The summed E-state index contributed by atoms with van der Waals surface area (Å²) in [6.45, 7) is -1.33. The number of esters is 2. The zero-order valence-electron chi connectivity index (χ0n) is 14.2. The molecule has 0 spiro atoms. The SMILES string of the molecule is COC(=O)c1ccccc1NC(=O)COC(=O)CN1C(=O)CN(C)C1=O. The van der Waals surface area contributed by atoms with E-state index in [0.29, 0.717) is 0 Å². The van der Waals surface area contributed by atoms with Gasteiger partial charge in [-0.1, -0.05) is 12.1 Å². The van der Waals surface area contributed by atoms with Gasteiger partial charge in [-0.2, -0.15) is 0 Å². The Hall–Kier alpha value is -3.43. The van der Waals surface area contributed by atoms with E-state index in [1.54, 1.807) is 12.1 Å². The summed E-state index contributed by atoms with van der Waals surface area (Å²) in [6.07, 6.45) is 0. The van der Waals surface area contributed by atoms with Crippen molar-refractivity contribution in [2.45, 2.75) is 0 Å². The molecule has 1 heterocycles. The maximum Gasteiger partial charge on any atom is 0.339 e. The summed E-state index contributed by atoms with van der Waals surface area (Å²) in [5, 5.41) is 2.43. The number of ether oxygens (including phenoxy) is 2. The molecule has 0 unspecified atom stereocenters. The number of likely N-dealkylation sites (N-methyl/N-ethyl adjacent to an activating group) is 1. The summed E-state index contributed by atoms with van der Waals surface area (Å²) < 4.78 is 9.38. The number of urea groups is 1. The molecule has 1 aromatic rings. The lowest BCUT2D eigenvalue weighted by Crippen LogP contribution is -2.37. The molecule has 0 saturated carbocycles. The number of methoxy groups -OCH3 is 1. The van der Waals surface area contributed by atoms with Crippen molar-refractivity contribution in [2.75, 3.05) is 39.2 Å². The fourth-order valence-corrected chi connectivity index (χ4v) is 2.21. The van der Waals surface area contributed by atoms with Crippen molar-refractivity contribution in [2.24, 2.45) is 0 Å². The van der Waals surface area contributed by atoms with Crippen LogP contribution in [0.5, 0.6) is 0 Å². The molecule has 10 heteroatoms. The molecule has 138 valence electrons. The van der Waals surface area contributed by atoms with E-state index >= 15 is 0 Å². The monoisotopic (exact) mass is 363 g/mol. The number of rotatable bonds is 6. The van der Waals surface area contributed by atoms with Crippen LogP contribution in [0.1, 0.15) is 10.4 Å². The Balaban J connectivity index is 1.88. The van der Waals surface area contributed by atoms with Gasteiger partial charge in [0, 0.05) is 7.05 Å². The highest BCUT2D eigenvalue weighted by molar-refractivity contribution is 6.04. The van der Waals surface area contributed by atoms with E-state index in [4.69, 9.17) is 4.74 Å². The fraction of sp³-hybridized carbons (Fsp3) is 0.312. The third-order valence-corrected chi connectivity index (χ3v) is 3.49. The number of carbonyl (C=O) groups excluding carboxylic acids is 5. The molecular weight excluding hydrogens is 346 g/mol. The first kappa shape index (κ1) is 18.9. The highest BCUT2D eigenvalue weighted by atomic mass is 16.5. The molecule has 1 fully saturated rings. The fourth-order valence-electron chi connectivity index (χ4n) is 2.21. The number of nitrogens with one attached hydrogen (secondary N) is 1. The second kappa shape index (κ2) is 8.10. The molecule has 1 N–H and O–H groups in total. The normalized spacial score (nSPS) is 13.6. The van der Waals surface area contributed by atoms with Crippen molar-refractivity contribution < 1.29 is 33.4 Å². The molecule has 0 radical (unpaired) electrons. The predicted octanol–water partition coefficient (Wildman–Crippen LogP) is -0.151. The van der Waals surface area contributed by atoms with E-state index in [2.05, 4.69) is 10.1 Å². The number of hydrogen-bond acceptors (Lipinski definition) is 7. The first-order valence-corrected chi connectivity index (χ1v) is 7.51. The highest BCUT2D eigenvalue weighted by Crippen LogP contribution is 2.16. The average Bonchev–Trinajstić information content (AvgIpc) is 2.86. The highest BCUT2D eigenvalue weighted by Gasteiger charge is 2.35. The second-order valence-corrected chi connectivity index (χ2v) is 5.36. The van der Waals surface area contributed by atoms with Crippen LogP contribution in [0, 0.1) is 0 Å². The van der Waals surface area contributed by atoms with Gasteiger partial charge in [-0.25, -0.2) is 9.59 Å². The van der Waals surface area contributed by atoms with Crippen molar-refractivity contribution in [3.05, 3.63) is 29.8 Å². The van der Waals surface area contributed by atoms with E-state index in [1.165, 1.54) is 26.3 Å². The molecule has 1 saturated heterocycles. The molecule has 1 aromatic carbocycles. The molecule has 0 aromatic heterocycles. The van der Waals surface area contributed by atoms with Crippen LogP contribution >= 0.6 is 0 Å². The first-order chi connectivity index (χ1) is 12.3.